The molecule has 3 heterocycles. The molecular weight excluding hydrogens is 408 g/mol. The number of rotatable bonds is 5. The first-order valence-electron chi connectivity index (χ1n) is 10.4. The molecule has 0 N–H and O–H groups in total. The summed E-state index contributed by atoms with van der Waals surface area (Å²) in [6, 6.07) is 16.0. The summed E-state index contributed by atoms with van der Waals surface area (Å²) in [6.45, 7) is 4.68. The van der Waals surface area contributed by atoms with Crippen molar-refractivity contribution in [1.29, 1.82) is 0 Å². The van der Waals surface area contributed by atoms with Crippen LogP contribution in [0.2, 0.25) is 0 Å². The Morgan fingerprint density at radius 1 is 1.13 bits per heavy atom. The molecule has 0 saturated carbocycles. The first-order valence-corrected chi connectivity index (χ1v) is 11.2. The van der Waals surface area contributed by atoms with E-state index in [0.717, 1.165) is 33.9 Å². The number of amides is 1. The van der Waals surface area contributed by atoms with Crippen molar-refractivity contribution in [2.24, 2.45) is 0 Å². The molecule has 7 heteroatoms. The maximum Gasteiger partial charge on any atom is 0.232 e. The summed E-state index contributed by atoms with van der Waals surface area (Å²) in [5, 5.41) is 7.38. The minimum atomic E-state index is -0.108. The van der Waals surface area contributed by atoms with Gasteiger partial charge in [-0.2, -0.15) is 4.98 Å². The van der Waals surface area contributed by atoms with E-state index in [-0.39, 0.29) is 11.8 Å². The number of hydrogen-bond acceptors (Lipinski definition) is 6. The van der Waals surface area contributed by atoms with Crippen LogP contribution in [0, 0.1) is 6.92 Å². The molecule has 1 atom stereocenters. The Hall–Kier alpha value is -3.32. The highest BCUT2D eigenvalue weighted by atomic mass is 32.1. The van der Waals surface area contributed by atoms with Crippen LogP contribution in [0.5, 0.6) is 0 Å². The van der Waals surface area contributed by atoms with E-state index in [9.17, 15) is 4.79 Å². The number of aryl methyl sites for hydroxylation is 2. The summed E-state index contributed by atoms with van der Waals surface area (Å²) >= 11 is 1.67. The SMILES string of the molecule is CCc1nc(-c2cccc(-c3noc([C@H]4CC(=O)N(c5ccc(C)cc5)C4)n3)c2)cs1. The van der Waals surface area contributed by atoms with Crippen LogP contribution in [0.1, 0.15) is 35.7 Å². The van der Waals surface area contributed by atoms with Crippen molar-refractivity contribution >= 4 is 22.9 Å². The van der Waals surface area contributed by atoms with Gasteiger partial charge in [0.1, 0.15) is 0 Å². The molecule has 1 aliphatic rings. The molecule has 6 nitrogen and oxygen atoms in total. The molecule has 4 aromatic rings. The Labute approximate surface area is 184 Å². The van der Waals surface area contributed by atoms with Gasteiger partial charge in [-0.1, -0.05) is 48.0 Å². The number of aromatic nitrogens is 3. The van der Waals surface area contributed by atoms with Gasteiger partial charge in [-0.15, -0.1) is 11.3 Å². The van der Waals surface area contributed by atoms with Gasteiger partial charge in [-0.3, -0.25) is 4.79 Å². The van der Waals surface area contributed by atoms with Crippen LogP contribution in [-0.2, 0) is 11.2 Å². The highest BCUT2D eigenvalue weighted by molar-refractivity contribution is 7.09. The third-order valence-corrected chi connectivity index (χ3v) is 6.53. The Kier molecular flexibility index (Phi) is 5.11. The lowest BCUT2D eigenvalue weighted by molar-refractivity contribution is -0.117. The molecule has 31 heavy (non-hydrogen) atoms. The topological polar surface area (TPSA) is 72.1 Å². The molecule has 0 radical (unpaired) electrons. The molecule has 1 aliphatic heterocycles. The lowest BCUT2D eigenvalue weighted by Crippen LogP contribution is -2.24. The summed E-state index contributed by atoms with van der Waals surface area (Å²) in [4.78, 5) is 23.7. The third-order valence-electron chi connectivity index (χ3n) is 5.53. The molecule has 2 aromatic heterocycles. The van der Waals surface area contributed by atoms with Crippen LogP contribution in [-0.4, -0.2) is 27.6 Å². The fourth-order valence-electron chi connectivity index (χ4n) is 3.79. The number of hydrogen-bond donors (Lipinski definition) is 0. The van der Waals surface area contributed by atoms with E-state index in [1.54, 1.807) is 16.2 Å². The van der Waals surface area contributed by atoms with Gasteiger partial charge in [-0.25, -0.2) is 4.98 Å². The number of carbonyl (C=O) groups excluding carboxylic acids is 1. The van der Waals surface area contributed by atoms with Gasteiger partial charge >= 0.3 is 0 Å². The molecule has 1 fully saturated rings. The second-order valence-electron chi connectivity index (χ2n) is 7.76. The van der Waals surface area contributed by atoms with Crippen molar-refractivity contribution in [2.45, 2.75) is 32.6 Å². The summed E-state index contributed by atoms with van der Waals surface area (Å²) in [7, 11) is 0. The molecule has 1 amide bonds. The summed E-state index contributed by atoms with van der Waals surface area (Å²) in [5.41, 5.74) is 4.93. The molecular formula is C24H22N4O2S. The summed E-state index contributed by atoms with van der Waals surface area (Å²) < 4.78 is 5.57. The molecule has 0 unspecified atom stereocenters. The predicted octanol–water partition coefficient (Wildman–Crippen LogP) is 5.25. The number of thiazole rings is 1. The molecule has 1 saturated heterocycles. The van der Waals surface area contributed by atoms with Gasteiger partial charge in [0.25, 0.3) is 0 Å². The van der Waals surface area contributed by atoms with Crippen molar-refractivity contribution in [3.63, 3.8) is 0 Å². The number of carbonyl (C=O) groups is 1. The van der Waals surface area contributed by atoms with Crippen molar-refractivity contribution in [1.82, 2.24) is 15.1 Å². The monoisotopic (exact) mass is 430 g/mol. The molecule has 5 rings (SSSR count). The Bertz CT molecular complexity index is 1230. The Morgan fingerprint density at radius 2 is 1.94 bits per heavy atom. The van der Waals surface area contributed by atoms with E-state index in [1.165, 1.54) is 5.56 Å². The van der Waals surface area contributed by atoms with Gasteiger partial charge in [0.15, 0.2) is 0 Å². The van der Waals surface area contributed by atoms with E-state index in [1.807, 2.05) is 55.5 Å². The summed E-state index contributed by atoms with van der Waals surface area (Å²) in [6.07, 6.45) is 1.30. The lowest BCUT2D eigenvalue weighted by Gasteiger charge is -2.16. The zero-order valence-electron chi connectivity index (χ0n) is 17.4. The highest BCUT2D eigenvalue weighted by Crippen LogP contribution is 2.33. The smallest absolute Gasteiger partial charge is 0.232 e. The van der Waals surface area contributed by atoms with E-state index in [0.29, 0.717) is 24.7 Å². The van der Waals surface area contributed by atoms with Crippen molar-refractivity contribution in [3.8, 4) is 22.6 Å². The molecule has 0 bridgehead atoms. The van der Waals surface area contributed by atoms with E-state index in [4.69, 9.17) is 4.52 Å². The van der Waals surface area contributed by atoms with Crippen LogP contribution in [0.4, 0.5) is 5.69 Å². The standard InChI is InChI=1S/C24H22N4O2S/c1-3-21-25-20(14-31-21)16-5-4-6-17(11-16)23-26-24(30-27-23)18-12-22(29)28(13-18)19-9-7-15(2)8-10-19/h4-11,14,18H,3,12-13H2,1-2H3/t18-/m0/s1. The van der Waals surface area contributed by atoms with Crippen LogP contribution < -0.4 is 4.90 Å². The Morgan fingerprint density at radius 3 is 2.71 bits per heavy atom. The predicted molar refractivity (Wildman–Crippen MR) is 121 cm³/mol. The van der Waals surface area contributed by atoms with Crippen LogP contribution in [0.25, 0.3) is 22.6 Å². The van der Waals surface area contributed by atoms with Crippen LogP contribution in [0.3, 0.4) is 0 Å². The number of benzene rings is 2. The van der Waals surface area contributed by atoms with Crippen molar-refractivity contribution in [3.05, 3.63) is 70.4 Å². The minimum absolute atomic E-state index is 0.0749. The maximum atomic E-state index is 12.6. The van der Waals surface area contributed by atoms with Gasteiger partial charge in [0, 0.05) is 35.2 Å². The third kappa shape index (κ3) is 3.88. The van der Waals surface area contributed by atoms with E-state index >= 15 is 0 Å². The van der Waals surface area contributed by atoms with E-state index in [2.05, 4.69) is 27.4 Å². The van der Waals surface area contributed by atoms with Gasteiger partial charge in [0.2, 0.25) is 17.6 Å². The second-order valence-corrected chi connectivity index (χ2v) is 8.70. The average molecular weight is 431 g/mol. The Balaban J connectivity index is 1.36. The average Bonchev–Trinajstić information content (AvgIpc) is 3.54. The quantitative estimate of drug-likeness (QED) is 0.432. The van der Waals surface area contributed by atoms with Crippen LogP contribution >= 0.6 is 11.3 Å². The number of nitrogens with zero attached hydrogens (tertiary/aromatic N) is 4. The highest BCUT2D eigenvalue weighted by Gasteiger charge is 2.35. The first-order chi connectivity index (χ1) is 15.1. The fraction of sp³-hybridized carbons (Fsp3) is 0.250. The van der Waals surface area contributed by atoms with Crippen molar-refractivity contribution in [2.75, 3.05) is 11.4 Å². The number of anilines is 1. The maximum absolute atomic E-state index is 12.6. The first kappa shape index (κ1) is 19.6. The minimum Gasteiger partial charge on any atom is -0.339 e. The second kappa shape index (κ2) is 8.07. The lowest BCUT2D eigenvalue weighted by atomic mass is 10.1. The van der Waals surface area contributed by atoms with Gasteiger partial charge < -0.3 is 9.42 Å². The zero-order valence-corrected chi connectivity index (χ0v) is 18.2. The molecule has 2 aromatic carbocycles. The van der Waals surface area contributed by atoms with E-state index < -0.39 is 0 Å². The largest absolute Gasteiger partial charge is 0.339 e. The van der Waals surface area contributed by atoms with Crippen LogP contribution in [0.15, 0.2) is 58.4 Å². The summed E-state index contributed by atoms with van der Waals surface area (Å²) in [5.74, 6) is 1.00. The van der Waals surface area contributed by atoms with Crippen molar-refractivity contribution < 1.29 is 9.32 Å². The normalized spacial score (nSPS) is 16.3. The molecule has 0 spiro atoms. The molecule has 0 aliphatic carbocycles. The van der Waals surface area contributed by atoms with Gasteiger partial charge in [-0.05, 0) is 31.5 Å². The van der Waals surface area contributed by atoms with Gasteiger partial charge in [0.05, 0.1) is 16.6 Å². The zero-order chi connectivity index (χ0) is 21.4. The fourth-order valence-corrected chi connectivity index (χ4v) is 4.54. The molecule has 156 valence electrons.